The van der Waals surface area contributed by atoms with Gasteiger partial charge in [-0.1, -0.05) is 205 Å². The summed E-state index contributed by atoms with van der Waals surface area (Å²) in [6, 6.07) is 89.9. The van der Waals surface area contributed by atoms with Crippen molar-refractivity contribution in [3.8, 4) is 50.2 Å². The molecule has 0 aliphatic heterocycles. The van der Waals surface area contributed by atoms with Gasteiger partial charge in [0.1, 0.15) is 0 Å². The predicted octanol–water partition coefficient (Wildman–Crippen LogP) is 19.8. The molecule has 1 heterocycles. The van der Waals surface area contributed by atoms with E-state index in [1.165, 1.54) is 105 Å². The Morgan fingerprint density at radius 2 is 0.667 bits per heavy atom. The summed E-state index contributed by atoms with van der Waals surface area (Å²) in [5.41, 5.74) is 19.4. The molecule has 0 unspecified atom stereocenters. The largest absolute Gasteiger partial charge is 0.311 e. The molecule has 0 fully saturated rings. The number of rotatable bonds is 8. The van der Waals surface area contributed by atoms with Crippen LogP contribution in [-0.2, 0) is 10.8 Å². The van der Waals surface area contributed by atoms with Crippen LogP contribution < -0.4 is 4.90 Å². The first-order valence-electron chi connectivity index (χ1n) is 25.3. The van der Waals surface area contributed by atoms with Crippen LogP contribution in [0.25, 0.3) is 93.5 Å². The number of para-hydroxylation sites is 2. The first-order chi connectivity index (χ1) is 35.0. The molecule has 2 heteroatoms. The summed E-state index contributed by atoms with van der Waals surface area (Å²) in [6.45, 7) is 13.6. The van der Waals surface area contributed by atoms with Crippen LogP contribution in [0.2, 0.25) is 0 Å². The van der Waals surface area contributed by atoms with Gasteiger partial charge in [0.15, 0.2) is 0 Å². The lowest BCUT2D eigenvalue weighted by Gasteiger charge is -2.27. The number of fused-ring (bicyclic) bond motifs is 5. The highest BCUT2D eigenvalue weighted by atomic mass is 15.1. The second-order valence-electron chi connectivity index (χ2n) is 21.4. The van der Waals surface area contributed by atoms with E-state index in [4.69, 9.17) is 0 Å². The van der Waals surface area contributed by atoms with Crippen LogP contribution in [0.15, 0.2) is 243 Å². The summed E-state index contributed by atoms with van der Waals surface area (Å²) in [4.78, 5) is 2.35. The molecule has 1 aromatic heterocycles. The van der Waals surface area contributed by atoms with Crippen LogP contribution in [0.1, 0.15) is 52.7 Å². The van der Waals surface area contributed by atoms with E-state index in [-0.39, 0.29) is 10.8 Å². The summed E-state index contributed by atoms with van der Waals surface area (Å²) in [7, 11) is 0. The van der Waals surface area contributed by atoms with Crippen molar-refractivity contribution in [1.29, 1.82) is 0 Å². The fourth-order valence-corrected chi connectivity index (χ4v) is 10.9. The smallest absolute Gasteiger partial charge is 0.0541 e. The van der Waals surface area contributed by atoms with E-state index < -0.39 is 0 Å². The minimum Gasteiger partial charge on any atom is -0.311 e. The topological polar surface area (TPSA) is 8.17 Å². The zero-order chi connectivity index (χ0) is 49.1. The first kappa shape index (κ1) is 44.7. The molecule has 0 saturated heterocycles. The lowest BCUT2D eigenvalue weighted by Crippen LogP contribution is -2.13. The van der Waals surface area contributed by atoms with Crippen molar-refractivity contribution in [2.75, 3.05) is 4.90 Å². The molecule has 0 spiro atoms. The maximum Gasteiger partial charge on any atom is 0.0541 e. The number of hydrogen-bond acceptors (Lipinski definition) is 1. The first-order valence-corrected chi connectivity index (χ1v) is 25.3. The molecule has 72 heavy (non-hydrogen) atoms. The van der Waals surface area contributed by atoms with Crippen molar-refractivity contribution >= 4 is 60.4 Å². The highest BCUT2D eigenvalue weighted by Gasteiger charge is 2.22. The molecule has 0 amide bonds. The highest BCUT2D eigenvalue weighted by molar-refractivity contribution is 6.22. The van der Waals surface area contributed by atoms with Gasteiger partial charge >= 0.3 is 0 Å². The van der Waals surface area contributed by atoms with Crippen LogP contribution in [-0.4, -0.2) is 4.57 Å². The zero-order valence-electron chi connectivity index (χ0n) is 42.0. The fraction of sp³-hybridized carbons (Fsp3) is 0.114. The molecule has 0 aliphatic rings. The van der Waals surface area contributed by atoms with Crippen LogP contribution in [0.4, 0.5) is 17.1 Å². The lowest BCUT2D eigenvalue weighted by atomic mass is 9.84. The monoisotopic (exact) mass is 926 g/mol. The Balaban J connectivity index is 1.00. The van der Waals surface area contributed by atoms with Crippen molar-refractivity contribution in [1.82, 2.24) is 4.57 Å². The van der Waals surface area contributed by atoms with E-state index in [0.29, 0.717) is 0 Å². The molecule has 0 N–H and O–H groups in total. The van der Waals surface area contributed by atoms with Gasteiger partial charge in [-0.2, -0.15) is 0 Å². The van der Waals surface area contributed by atoms with Gasteiger partial charge in [0, 0.05) is 33.5 Å². The molecule has 0 radical (unpaired) electrons. The van der Waals surface area contributed by atoms with Crippen LogP contribution in [0.3, 0.4) is 0 Å². The number of benzene rings is 11. The summed E-state index contributed by atoms with van der Waals surface area (Å²) < 4.78 is 2.42. The summed E-state index contributed by atoms with van der Waals surface area (Å²) in [5, 5.41) is 7.43. The van der Waals surface area contributed by atoms with Crippen LogP contribution in [0, 0.1) is 0 Å². The maximum absolute atomic E-state index is 2.44. The van der Waals surface area contributed by atoms with Gasteiger partial charge in [0.2, 0.25) is 0 Å². The molecule has 0 aliphatic carbocycles. The standard InChI is InChI=1S/C70H58N2/c1-69(2,3)53-31-37-57(38-32-53)71(55-22-14-9-15-23-55)56-35-26-47(27-36-56)50-28-41-60-63(45-50)67(48-18-10-7-11-19-48)61-42-29-51(46-64(61)68(60)49-20-12-8-13-21-49)52-30-43-66-62(44-52)59-24-16-17-25-65(59)72(66)58-39-33-54(34-40-58)70(4,5)6/h7-46H,1-6H3. The van der Waals surface area contributed by atoms with E-state index in [0.717, 1.165) is 17.1 Å². The molecule has 0 bridgehead atoms. The summed E-state index contributed by atoms with van der Waals surface area (Å²) in [6.07, 6.45) is 0. The van der Waals surface area contributed by atoms with E-state index in [9.17, 15) is 0 Å². The Morgan fingerprint density at radius 1 is 0.278 bits per heavy atom. The summed E-state index contributed by atoms with van der Waals surface area (Å²) >= 11 is 0. The van der Waals surface area contributed by atoms with Gasteiger partial charge < -0.3 is 9.47 Å². The van der Waals surface area contributed by atoms with Gasteiger partial charge in [-0.25, -0.2) is 0 Å². The molecule has 2 nitrogen and oxygen atoms in total. The number of anilines is 3. The van der Waals surface area contributed by atoms with E-state index in [1.54, 1.807) is 0 Å². The Labute approximate surface area is 424 Å². The number of nitrogens with zero attached hydrogens (tertiary/aromatic N) is 2. The van der Waals surface area contributed by atoms with Crippen LogP contribution in [0.5, 0.6) is 0 Å². The van der Waals surface area contributed by atoms with Gasteiger partial charge in [-0.05, 0) is 167 Å². The fourth-order valence-electron chi connectivity index (χ4n) is 10.9. The Kier molecular flexibility index (Phi) is 11.0. The molecule has 11 aromatic carbocycles. The number of aromatic nitrogens is 1. The highest BCUT2D eigenvalue weighted by Crippen LogP contribution is 2.47. The average molecular weight is 927 g/mol. The molecule has 348 valence electrons. The normalized spacial score (nSPS) is 12.0. The quantitative estimate of drug-likeness (QED) is 0.138. The molecule has 0 atom stereocenters. The minimum absolute atomic E-state index is 0.0790. The lowest BCUT2D eigenvalue weighted by molar-refractivity contribution is 0.590. The third-order valence-electron chi connectivity index (χ3n) is 14.7. The van der Waals surface area contributed by atoms with E-state index in [2.05, 4.69) is 294 Å². The molecular weight excluding hydrogens is 869 g/mol. The van der Waals surface area contributed by atoms with Gasteiger partial charge in [-0.15, -0.1) is 0 Å². The zero-order valence-corrected chi connectivity index (χ0v) is 42.0. The third kappa shape index (κ3) is 8.04. The average Bonchev–Trinajstić information content (AvgIpc) is 3.74. The summed E-state index contributed by atoms with van der Waals surface area (Å²) in [5.74, 6) is 0. The third-order valence-corrected chi connectivity index (χ3v) is 14.7. The van der Waals surface area contributed by atoms with Gasteiger partial charge in [0.05, 0.1) is 11.0 Å². The second-order valence-corrected chi connectivity index (χ2v) is 21.4. The van der Waals surface area contributed by atoms with Crippen molar-refractivity contribution < 1.29 is 0 Å². The number of hydrogen-bond donors (Lipinski definition) is 0. The van der Waals surface area contributed by atoms with Crippen molar-refractivity contribution in [2.45, 2.75) is 52.4 Å². The minimum atomic E-state index is 0.0790. The Morgan fingerprint density at radius 3 is 1.19 bits per heavy atom. The van der Waals surface area contributed by atoms with Crippen molar-refractivity contribution in [3.63, 3.8) is 0 Å². The Hall–Kier alpha value is -8.46. The van der Waals surface area contributed by atoms with Crippen molar-refractivity contribution in [2.24, 2.45) is 0 Å². The molecule has 0 saturated carbocycles. The SMILES string of the molecule is CC(C)(C)c1ccc(N(c2ccccc2)c2ccc(-c3ccc4c(-c5ccccc5)c5cc(-c6ccc7c(c6)c6ccccc6n7-c6ccc(C(C)(C)C)cc6)ccc5c(-c5ccccc5)c4c3)cc2)cc1. The Bertz CT molecular complexity index is 3930. The van der Waals surface area contributed by atoms with E-state index >= 15 is 0 Å². The second kappa shape index (κ2) is 17.7. The molecular formula is C70H58N2. The van der Waals surface area contributed by atoms with Crippen molar-refractivity contribution in [3.05, 3.63) is 254 Å². The van der Waals surface area contributed by atoms with Gasteiger partial charge in [0.25, 0.3) is 0 Å². The van der Waals surface area contributed by atoms with Gasteiger partial charge in [-0.3, -0.25) is 0 Å². The molecule has 12 rings (SSSR count). The van der Waals surface area contributed by atoms with Crippen LogP contribution >= 0.6 is 0 Å². The molecule has 12 aromatic rings. The predicted molar refractivity (Wildman–Crippen MR) is 310 cm³/mol. The van der Waals surface area contributed by atoms with E-state index in [1.807, 2.05) is 0 Å². The maximum atomic E-state index is 2.44.